The third-order valence-corrected chi connectivity index (χ3v) is 3.74. The van der Waals surface area contributed by atoms with Crippen molar-refractivity contribution in [2.24, 2.45) is 0 Å². The van der Waals surface area contributed by atoms with E-state index in [4.69, 9.17) is 9.15 Å². The number of rotatable bonds is 7. The summed E-state index contributed by atoms with van der Waals surface area (Å²) in [6.07, 6.45) is 0. The smallest absolute Gasteiger partial charge is 0.276 e. The highest BCUT2D eigenvalue weighted by Crippen LogP contribution is 2.29. The number of hydrogen-bond donors (Lipinski definition) is 1. The van der Waals surface area contributed by atoms with Gasteiger partial charge >= 0.3 is 0 Å². The molecular formula is C14H19N3O2S. The van der Waals surface area contributed by atoms with Gasteiger partial charge in [-0.2, -0.15) is 0 Å². The second-order valence-electron chi connectivity index (χ2n) is 4.21. The van der Waals surface area contributed by atoms with Gasteiger partial charge in [-0.3, -0.25) is 0 Å². The lowest BCUT2D eigenvalue weighted by Crippen LogP contribution is -2.19. The van der Waals surface area contributed by atoms with E-state index in [0.29, 0.717) is 17.7 Å². The average molecular weight is 293 g/mol. The molecule has 1 aromatic heterocycles. The predicted molar refractivity (Wildman–Crippen MR) is 79.2 cm³/mol. The van der Waals surface area contributed by atoms with Gasteiger partial charge in [0, 0.05) is 24.3 Å². The van der Waals surface area contributed by atoms with Crippen LogP contribution in [0.2, 0.25) is 0 Å². The van der Waals surface area contributed by atoms with Gasteiger partial charge in [0.05, 0.1) is 6.61 Å². The van der Waals surface area contributed by atoms with Crippen LogP contribution in [0.25, 0.3) is 0 Å². The molecule has 0 aliphatic carbocycles. The minimum Gasteiger partial charge on any atom is -0.494 e. The van der Waals surface area contributed by atoms with Crippen molar-refractivity contribution in [1.82, 2.24) is 15.5 Å². The zero-order valence-corrected chi connectivity index (χ0v) is 12.7. The number of thioether (sulfide) groups is 1. The fraction of sp³-hybridized carbons (Fsp3) is 0.429. The number of nitrogens with one attached hydrogen (secondary N) is 1. The number of aryl methyl sites for hydroxylation is 1. The van der Waals surface area contributed by atoms with Crippen molar-refractivity contribution >= 4 is 11.8 Å². The van der Waals surface area contributed by atoms with Crippen molar-refractivity contribution in [3.05, 3.63) is 35.7 Å². The minimum atomic E-state index is 0.162. The highest BCUT2D eigenvalue weighted by atomic mass is 32.2. The first-order valence-corrected chi connectivity index (χ1v) is 7.55. The second-order valence-corrected chi connectivity index (χ2v) is 5.18. The van der Waals surface area contributed by atoms with Crippen LogP contribution in [-0.2, 0) is 0 Å². The molecule has 0 spiro atoms. The van der Waals surface area contributed by atoms with Gasteiger partial charge < -0.3 is 14.5 Å². The standard InChI is InChI=1S/C14H19N3O2S/c1-4-18-13-8-6-5-7-11(13)12(15-3)9-20-14-17-16-10(2)19-14/h5-8,12,15H,4,9H2,1-3H3. The molecule has 1 atom stereocenters. The third kappa shape index (κ3) is 3.74. The molecule has 0 amide bonds. The highest BCUT2D eigenvalue weighted by molar-refractivity contribution is 7.99. The summed E-state index contributed by atoms with van der Waals surface area (Å²) >= 11 is 1.54. The van der Waals surface area contributed by atoms with Crippen molar-refractivity contribution in [3.8, 4) is 5.75 Å². The molecule has 0 aliphatic heterocycles. The molecule has 1 aromatic carbocycles. The summed E-state index contributed by atoms with van der Waals surface area (Å²) in [5.74, 6) is 2.29. The van der Waals surface area contributed by atoms with Crippen LogP contribution >= 0.6 is 11.8 Å². The molecule has 0 radical (unpaired) electrons. The average Bonchev–Trinajstić information content (AvgIpc) is 2.87. The summed E-state index contributed by atoms with van der Waals surface area (Å²) in [5.41, 5.74) is 1.14. The molecule has 1 heterocycles. The Morgan fingerprint density at radius 1 is 1.35 bits per heavy atom. The topological polar surface area (TPSA) is 60.2 Å². The Hall–Kier alpha value is -1.53. The van der Waals surface area contributed by atoms with Crippen molar-refractivity contribution < 1.29 is 9.15 Å². The Morgan fingerprint density at radius 3 is 2.80 bits per heavy atom. The number of aromatic nitrogens is 2. The van der Waals surface area contributed by atoms with Gasteiger partial charge in [-0.1, -0.05) is 30.0 Å². The molecule has 2 aromatic rings. The number of hydrogen-bond acceptors (Lipinski definition) is 6. The zero-order chi connectivity index (χ0) is 14.4. The summed E-state index contributed by atoms with van der Waals surface area (Å²) < 4.78 is 11.0. The molecule has 2 rings (SSSR count). The van der Waals surface area contributed by atoms with Crippen LogP contribution in [0.1, 0.15) is 24.4 Å². The first-order chi connectivity index (χ1) is 9.74. The maximum absolute atomic E-state index is 5.68. The second kappa shape index (κ2) is 7.31. The minimum absolute atomic E-state index is 0.162. The Morgan fingerprint density at radius 2 is 2.15 bits per heavy atom. The summed E-state index contributed by atoms with van der Waals surface area (Å²) in [5, 5.41) is 11.7. The first kappa shape index (κ1) is 14.9. The molecule has 108 valence electrons. The third-order valence-electron chi connectivity index (χ3n) is 2.82. The summed E-state index contributed by atoms with van der Waals surface area (Å²) in [6, 6.07) is 8.23. The van der Waals surface area contributed by atoms with Gasteiger partial charge in [0.2, 0.25) is 5.89 Å². The van der Waals surface area contributed by atoms with Crippen molar-refractivity contribution in [2.75, 3.05) is 19.4 Å². The largest absolute Gasteiger partial charge is 0.494 e. The molecule has 0 aliphatic rings. The summed E-state index contributed by atoms with van der Waals surface area (Å²) in [4.78, 5) is 0. The van der Waals surface area contributed by atoms with E-state index >= 15 is 0 Å². The van der Waals surface area contributed by atoms with E-state index < -0.39 is 0 Å². The maximum Gasteiger partial charge on any atom is 0.276 e. The fourth-order valence-electron chi connectivity index (χ4n) is 1.88. The molecular weight excluding hydrogens is 274 g/mol. The van der Waals surface area contributed by atoms with Crippen LogP contribution in [0, 0.1) is 6.92 Å². The van der Waals surface area contributed by atoms with Crippen molar-refractivity contribution in [3.63, 3.8) is 0 Å². The molecule has 6 heteroatoms. The van der Waals surface area contributed by atoms with Crippen LogP contribution in [0.4, 0.5) is 0 Å². The van der Waals surface area contributed by atoms with Crippen molar-refractivity contribution in [2.45, 2.75) is 25.1 Å². The van der Waals surface area contributed by atoms with E-state index in [-0.39, 0.29) is 6.04 Å². The normalized spacial score (nSPS) is 12.3. The Bertz CT molecular complexity index is 545. The molecule has 1 unspecified atom stereocenters. The van der Waals surface area contributed by atoms with E-state index in [9.17, 15) is 0 Å². The van der Waals surface area contributed by atoms with Crippen LogP contribution in [0.5, 0.6) is 5.75 Å². The summed E-state index contributed by atoms with van der Waals surface area (Å²) in [7, 11) is 1.94. The molecule has 1 N–H and O–H groups in total. The highest BCUT2D eigenvalue weighted by Gasteiger charge is 2.16. The number of benzene rings is 1. The van der Waals surface area contributed by atoms with Crippen LogP contribution in [0.15, 0.2) is 33.9 Å². The number of para-hydroxylation sites is 1. The van der Waals surface area contributed by atoms with E-state index in [1.165, 1.54) is 11.8 Å². The van der Waals surface area contributed by atoms with Crippen LogP contribution in [-0.4, -0.2) is 29.6 Å². The summed E-state index contributed by atoms with van der Waals surface area (Å²) in [6.45, 7) is 4.43. The van der Waals surface area contributed by atoms with Gasteiger partial charge in [0.15, 0.2) is 0 Å². The van der Waals surface area contributed by atoms with E-state index in [1.54, 1.807) is 6.92 Å². The lowest BCUT2D eigenvalue weighted by molar-refractivity contribution is 0.333. The van der Waals surface area contributed by atoms with E-state index in [2.05, 4.69) is 21.6 Å². The predicted octanol–water partition coefficient (Wildman–Crippen LogP) is 2.83. The lowest BCUT2D eigenvalue weighted by Gasteiger charge is -2.18. The first-order valence-electron chi connectivity index (χ1n) is 6.56. The van der Waals surface area contributed by atoms with Gasteiger partial charge in [-0.25, -0.2) is 0 Å². The lowest BCUT2D eigenvalue weighted by atomic mass is 10.1. The van der Waals surface area contributed by atoms with Crippen LogP contribution in [0.3, 0.4) is 0 Å². The van der Waals surface area contributed by atoms with E-state index in [1.807, 2.05) is 32.2 Å². The van der Waals surface area contributed by atoms with Gasteiger partial charge in [-0.05, 0) is 20.0 Å². The molecule has 5 nitrogen and oxygen atoms in total. The molecule has 0 fully saturated rings. The molecule has 0 bridgehead atoms. The van der Waals surface area contributed by atoms with Crippen molar-refractivity contribution in [1.29, 1.82) is 0 Å². The van der Waals surface area contributed by atoms with Gasteiger partial charge in [-0.15, -0.1) is 10.2 Å². The SMILES string of the molecule is CCOc1ccccc1C(CSc1nnc(C)o1)NC. The van der Waals surface area contributed by atoms with Crippen LogP contribution < -0.4 is 10.1 Å². The molecule has 0 saturated carbocycles. The number of nitrogens with zero attached hydrogens (tertiary/aromatic N) is 2. The number of ether oxygens (including phenoxy) is 1. The zero-order valence-electron chi connectivity index (χ0n) is 11.9. The van der Waals surface area contributed by atoms with Gasteiger partial charge in [0.1, 0.15) is 5.75 Å². The Labute approximate surface area is 123 Å². The molecule has 20 heavy (non-hydrogen) atoms. The van der Waals surface area contributed by atoms with Gasteiger partial charge in [0.25, 0.3) is 5.22 Å². The molecule has 0 saturated heterocycles. The Kier molecular flexibility index (Phi) is 5.43. The maximum atomic E-state index is 5.68. The fourth-order valence-corrected chi connectivity index (χ4v) is 2.81. The van der Waals surface area contributed by atoms with E-state index in [0.717, 1.165) is 17.1 Å². The quantitative estimate of drug-likeness (QED) is 0.792. The Balaban J connectivity index is 2.07. The monoisotopic (exact) mass is 293 g/mol.